The molecule has 1 aliphatic rings. The lowest BCUT2D eigenvalue weighted by Gasteiger charge is -2.16. The average molecular weight is 424 g/mol. The van der Waals surface area contributed by atoms with Gasteiger partial charge in [0.05, 0.1) is 5.52 Å². The Hall–Kier alpha value is -1.20. The molecular weight excluding hydrogens is 408 g/mol. The second kappa shape index (κ2) is 6.92. The van der Waals surface area contributed by atoms with E-state index in [1.165, 1.54) is 0 Å². The van der Waals surface area contributed by atoms with E-state index in [1.54, 1.807) is 0 Å². The summed E-state index contributed by atoms with van der Waals surface area (Å²) in [6, 6.07) is 10.0. The van der Waals surface area contributed by atoms with E-state index in [2.05, 4.69) is 48.2 Å². The van der Waals surface area contributed by atoms with E-state index < -0.39 is 0 Å². The minimum Gasteiger partial charge on any atom is -0.348 e. The Bertz CT molecular complexity index is 755. The van der Waals surface area contributed by atoms with Gasteiger partial charge in [-0.3, -0.25) is 4.79 Å². The molecule has 5 heteroatoms. The normalized spacial score (nSPS) is 15.2. The van der Waals surface area contributed by atoms with Crippen LogP contribution in [0.1, 0.15) is 31.2 Å². The van der Waals surface area contributed by atoms with Crippen molar-refractivity contribution in [2.45, 2.75) is 32.2 Å². The standard InChI is InChI=1S/C17H16Br2N2O/c18-14-7-3-2-6-13(14)17(22)20-10-12-9-11-5-1-4-8-15(11)21-16(12)19/h1,4-5,8-9H,2-3,6-7,10H2,(H,20,22). The molecule has 3 rings (SSSR count). The molecular formula is C17H16Br2N2O. The van der Waals surface area contributed by atoms with Gasteiger partial charge in [0.25, 0.3) is 0 Å². The first-order valence-electron chi connectivity index (χ1n) is 7.35. The van der Waals surface area contributed by atoms with Crippen molar-refractivity contribution in [3.63, 3.8) is 0 Å². The van der Waals surface area contributed by atoms with Crippen LogP contribution in [0.3, 0.4) is 0 Å². The monoisotopic (exact) mass is 422 g/mol. The van der Waals surface area contributed by atoms with Gasteiger partial charge in [-0.15, -0.1) is 0 Å². The number of halogens is 2. The number of hydrogen-bond donors (Lipinski definition) is 1. The zero-order chi connectivity index (χ0) is 15.5. The highest BCUT2D eigenvalue weighted by molar-refractivity contribution is 9.11. The smallest absolute Gasteiger partial charge is 0.248 e. The number of nitrogens with zero attached hydrogens (tertiary/aromatic N) is 1. The number of nitrogens with one attached hydrogen (secondary N) is 1. The van der Waals surface area contributed by atoms with Gasteiger partial charge in [0, 0.05) is 27.5 Å². The molecule has 1 heterocycles. The van der Waals surface area contributed by atoms with Crippen LogP contribution in [0.15, 0.2) is 45.0 Å². The van der Waals surface area contributed by atoms with Gasteiger partial charge in [-0.25, -0.2) is 4.98 Å². The predicted octanol–water partition coefficient (Wildman–Crippen LogP) is 4.84. The van der Waals surface area contributed by atoms with Gasteiger partial charge in [-0.05, 0) is 53.7 Å². The summed E-state index contributed by atoms with van der Waals surface area (Å²) in [5.74, 6) is 0.0200. The van der Waals surface area contributed by atoms with Gasteiger partial charge in [0.2, 0.25) is 5.91 Å². The number of aromatic nitrogens is 1. The number of carbonyl (C=O) groups excluding carboxylic acids is 1. The van der Waals surface area contributed by atoms with Crippen molar-refractivity contribution in [1.29, 1.82) is 0 Å². The lowest BCUT2D eigenvalue weighted by atomic mass is 9.99. The van der Waals surface area contributed by atoms with E-state index in [9.17, 15) is 4.79 Å². The molecule has 0 spiro atoms. The molecule has 22 heavy (non-hydrogen) atoms. The van der Waals surface area contributed by atoms with Crippen LogP contribution in [-0.2, 0) is 11.3 Å². The summed E-state index contributed by atoms with van der Waals surface area (Å²) in [5, 5.41) is 4.08. The first-order valence-corrected chi connectivity index (χ1v) is 8.93. The van der Waals surface area contributed by atoms with Gasteiger partial charge in [0.15, 0.2) is 0 Å². The molecule has 0 fully saturated rings. The maximum atomic E-state index is 12.3. The number of fused-ring (bicyclic) bond motifs is 1. The Morgan fingerprint density at radius 3 is 2.77 bits per heavy atom. The fraction of sp³-hybridized carbons (Fsp3) is 0.294. The maximum Gasteiger partial charge on any atom is 0.248 e. The third-order valence-electron chi connectivity index (χ3n) is 3.86. The topological polar surface area (TPSA) is 42.0 Å². The molecule has 0 aliphatic heterocycles. The van der Waals surface area contributed by atoms with Crippen molar-refractivity contribution in [3.05, 3.63) is 50.6 Å². The van der Waals surface area contributed by atoms with E-state index in [4.69, 9.17) is 0 Å². The van der Waals surface area contributed by atoms with Gasteiger partial charge < -0.3 is 5.32 Å². The Morgan fingerprint density at radius 2 is 1.95 bits per heavy atom. The highest BCUT2D eigenvalue weighted by Gasteiger charge is 2.17. The van der Waals surface area contributed by atoms with Crippen LogP contribution in [0.5, 0.6) is 0 Å². The minimum absolute atomic E-state index is 0.0200. The highest BCUT2D eigenvalue weighted by Crippen LogP contribution is 2.29. The van der Waals surface area contributed by atoms with E-state index >= 15 is 0 Å². The van der Waals surface area contributed by atoms with E-state index in [-0.39, 0.29) is 5.91 Å². The molecule has 0 saturated carbocycles. The Morgan fingerprint density at radius 1 is 1.18 bits per heavy atom. The molecule has 3 nitrogen and oxygen atoms in total. The third-order valence-corrected chi connectivity index (χ3v) is 5.43. The van der Waals surface area contributed by atoms with Crippen LogP contribution in [-0.4, -0.2) is 10.9 Å². The van der Waals surface area contributed by atoms with Crippen LogP contribution >= 0.6 is 31.9 Å². The molecule has 1 aromatic carbocycles. The molecule has 2 aromatic rings. The third kappa shape index (κ3) is 3.41. The summed E-state index contributed by atoms with van der Waals surface area (Å²) in [6.45, 7) is 0.473. The van der Waals surface area contributed by atoms with Crippen LogP contribution in [0, 0.1) is 0 Å². The number of benzene rings is 1. The second-order valence-electron chi connectivity index (χ2n) is 5.40. The summed E-state index contributed by atoms with van der Waals surface area (Å²) in [5.41, 5.74) is 2.82. The van der Waals surface area contributed by atoms with Crippen molar-refractivity contribution < 1.29 is 4.79 Å². The zero-order valence-electron chi connectivity index (χ0n) is 12.0. The van der Waals surface area contributed by atoms with Crippen molar-refractivity contribution in [2.24, 2.45) is 0 Å². The number of rotatable bonds is 3. The predicted molar refractivity (Wildman–Crippen MR) is 95.7 cm³/mol. The summed E-state index contributed by atoms with van der Waals surface area (Å²) < 4.78 is 1.83. The number of carbonyl (C=O) groups is 1. The minimum atomic E-state index is 0.0200. The zero-order valence-corrected chi connectivity index (χ0v) is 15.2. The Balaban J connectivity index is 1.76. The van der Waals surface area contributed by atoms with Crippen molar-refractivity contribution in [1.82, 2.24) is 10.3 Å². The second-order valence-corrected chi connectivity index (χ2v) is 7.11. The van der Waals surface area contributed by atoms with Crippen LogP contribution in [0.2, 0.25) is 0 Å². The van der Waals surface area contributed by atoms with Crippen molar-refractivity contribution >= 4 is 48.7 Å². The molecule has 0 radical (unpaired) electrons. The molecule has 0 bridgehead atoms. The number of para-hydroxylation sites is 1. The largest absolute Gasteiger partial charge is 0.348 e. The SMILES string of the molecule is O=C(NCc1cc2ccccc2nc1Br)C1=C(Br)CCCC1. The average Bonchev–Trinajstić information content (AvgIpc) is 2.53. The van der Waals surface area contributed by atoms with Gasteiger partial charge in [-0.1, -0.05) is 34.1 Å². The highest BCUT2D eigenvalue weighted by atomic mass is 79.9. The summed E-state index contributed by atoms with van der Waals surface area (Å²) in [7, 11) is 0. The molecule has 0 unspecified atom stereocenters. The molecule has 114 valence electrons. The van der Waals surface area contributed by atoms with Crippen LogP contribution in [0.4, 0.5) is 0 Å². The maximum absolute atomic E-state index is 12.3. The number of allylic oxidation sites excluding steroid dienone is 1. The molecule has 1 aromatic heterocycles. The summed E-state index contributed by atoms with van der Waals surface area (Å²) >= 11 is 7.02. The molecule has 1 amide bonds. The van der Waals surface area contributed by atoms with Crippen molar-refractivity contribution in [2.75, 3.05) is 0 Å². The molecule has 1 N–H and O–H groups in total. The summed E-state index contributed by atoms with van der Waals surface area (Å²) in [4.78, 5) is 16.8. The van der Waals surface area contributed by atoms with Gasteiger partial charge in [0.1, 0.15) is 4.60 Å². The quantitative estimate of drug-likeness (QED) is 0.717. The van der Waals surface area contributed by atoms with Gasteiger partial charge >= 0.3 is 0 Å². The first kappa shape index (κ1) is 15.7. The van der Waals surface area contributed by atoms with Crippen LogP contribution < -0.4 is 5.32 Å². The number of pyridine rings is 1. The lowest BCUT2D eigenvalue weighted by molar-refractivity contribution is -0.117. The Kier molecular flexibility index (Phi) is 4.93. The van der Waals surface area contributed by atoms with E-state index in [1.807, 2.05) is 24.3 Å². The van der Waals surface area contributed by atoms with Gasteiger partial charge in [-0.2, -0.15) is 0 Å². The number of hydrogen-bond acceptors (Lipinski definition) is 2. The molecule has 1 aliphatic carbocycles. The molecule has 0 saturated heterocycles. The van der Waals surface area contributed by atoms with Crippen LogP contribution in [0.25, 0.3) is 10.9 Å². The fourth-order valence-corrected chi connectivity index (χ4v) is 3.75. The number of amides is 1. The summed E-state index contributed by atoms with van der Waals surface area (Å²) in [6.07, 6.45) is 4.05. The molecule has 0 atom stereocenters. The first-order chi connectivity index (χ1) is 10.6. The van der Waals surface area contributed by atoms with E-state index in [0.717, 1.165) is 56.8 Å². The lowest BCUT2D eigenvalue weighted by Crippen LogP contribution is -2.26. The fourth-order valence-electron chi connectivity index (χ4n) is 2.65. The van der Waals surface area contributed by atoms with Crippen molar-refractivity contribution in [3.8, 4) is 0 Å². The Labute approximate surface area is 146 Å². The van der Waals surface area contributed by atoms with E-state index in [0.29, 0.717) is 6.54 Å².